The van der Waals surface area contributed by atoms with Gasteiger partial charge in [-0.3, -0.25) is 0 Å². The van der Waals surface area contributed by atoms with Crippen LogP contribution in [0.4, 0.5) is 0 Å². The number of aromatic nitrogens is 5. The monoisotopic (exact) mass is 288 g/mol. The predicted molar refractivity (Wildman–Crippen MR) is 80.7 cm³/mol. The van der Waals surface area contributed by atoms with E-state index in [0.29, 0.717) is 0 Å². The fourth-order valence-electron chi connectivity index (χ4n) is 2.85. The van der Waals surface area contributed by atoms with Crippen LogP contribution in [0.2, 0.25) is 0 Å². The van der Waals surface area contributed by atoms with Crippen LogP contribution in [0.1, 0.15) is 56.5 Å². The summed E-state index contributed by atoms with van der Waals surface area (Å²) in [7, 11) is 0. The van der Waals surface area contributed by atoms with Gasteiger partial charge in [0.05, 0.1) is 18.1 Å². The molecule has 6 nitrogen and oxygen atoms in total. The van der Waals surface area contributed by atoms with E-state index in [2.05, 4.69) is 49.7 Å². The summed E-state index contributed by atoms with van der Waals surface area (Å²) < 4.78 is 4.39. The van der Waals surface area contributed by atoms with Gasteiger partial charge < -0.3 is 14.5 Å². The van der Waals surface area contributed by atoms with Gasteiger partial charge in [-0.15, -0.1) is 10.2 Å². The Morgan fingerprint density at radius 1 is 1.29 bits per heavy atom. The molecule has 0 bridgehead atoms. The largest absolute Gasteiger partial charge is 0.337 e. The maximum atomic E-state index is 4.40. The Balaban J connectivity index is 1.65. The zero-order valence-electron chi connectivity index (χ0n) is 12.9. The highest BCUT2D eigenvalue weighted by atomic mass is 15.3. The van der Waals surface area contributed by atoms with Gasteiger partial charge in [-0.1, -0.05) is 6.42 Å². The fourth-order valence-corrected chi connectivity index (χ4v) is 2.85. The lowest BCUT2D eigenvalue weighted by Crippen LogP contribution is -2.22. The zero-order valence-corrected chi connectivity index (χ0v) is 12.9. The number of imidazole rings is 1. The van der Waals surface area contributed by atoms with Gasteiger partial charge in [-0.25, -0.2) is 4.98 Å². The first-order valence-electron chi connectivity index (χ1n) is 7.94. The Bertz CT molecular complexity index is 585. The van der Waals surface area contributed by atoms with E-state index in [0.717, 1.165) is 43.4 Å². The highest BCUT2D eigenvalue weighted by molar-refractivity contribution is 5.03. The Morgan fingerprint density at radius 3 is 3.00 bits per heavy atom. The first kappa shape index (κ1) is 14.3. The molecule has 1 aliphatic heterocycles. The summed E-state index contributed by atoms with van der Waals surface area (Å²) in [6.07, 6.45) is 8.77. The van der Waals surface area contributed by atoms with Gasteiger partial charge in [0.2, 0.25) is 0 Å². The Hall–Kier alpha value is -1.69. The quantitative estimate of drug-likeness (QED) is 0.915. The van der Waals surface area contributed by atoms with E-state index in [1.54, 1.807) is 0 Å². The zero-order chi connectivity index (χ0) is 14.7. The van der Waals surface area contributed by atoms with E-state index in [-0.39, 0.29) is 6.04 Å². The fraction of sp³-hybridized carbons (Fsp3) is 0.667. The van der Waals surface area contributed by atoms with E-state index in [1.807, 2.05) is 6.33 Å². The Kier molecular flexibility index (Phi) is 4.34. The van der Waals surface area contributed by atoms with Crippen molar-refractivity contribution in [2.45, 2.75) is 65.2 Å². The van der Waals surface area contributed by atoms with Crippen molar-refractivity contribution in [3.63, 3.8) is 0 Å². The standard InChI is InChI=1S/C15H24N6/c1-3-20-10-13(17-11-20)9-16-12(2)15-19-18-14-7-5-4-6-8-21(14)15/h10-12,16H,3-9H2,1-2H3. The number of nitrogens with one attached hydrogen (secondary N) is 1. The third kappa shape index (κ3) is 3.15. The number of fused-ring (bicyclic) bond motifs is 1. The number of aryl methyl sites for hydroxylation is 2. The van der Waals surface area contributed by atoms with Crippen LogP contribution in [0.15, 0.2) is 12.5 Å². The molecule has 1 unspecified atom stereocenters. The molecule has 0 amide bonds. The molecule has 3 rings (SSSR count). The van der Waals surface area contributed by atoms with Crippen molar-refractivity contribution < 1.29 is 0 Å². The average molecular weight is 288 g/mol. The molecule has 0 aromatic carbocycles. The number of hydrogen-bond acceptors (Lipinski definition) is 4. The van der Waals surface area contributed by atoms with Crippen LogP contribution in [-0.4, -0.2) is 24.3 Å². The molecule has 1 N–H and O–H groups in total. The van der Waals surface area contributed by atoms with Gasteiger partial charge in [0.25, 0.3) is 0 Å². The van der Waals surface area contributed by atoms with E-state index in [9.17, 15) is 0 Å². The highest BCUT2D eigenvalue weighted by Gasteiger charge is 2.18. The van der Waals surface area contributed by atoms with Crippen molar-refractivity contribution >= 4 is 0 Å². The Morgan fingerprint density at radius 2 is 2.19 bits per heavy atom. The normalized spacial score (nSPS) is 16.5. The predicted octanol–water partition coefficient (Wildman–Crippen LogP) is 2.07. The molecule has 0 radical (unpaired) electrons. The SMILES string of the molecule is CCn1cnc(CNC(C)c2nnc3n2CCCCC3)c1. The number of hydrogen-bond donors (Lipinski definition) is 1. The molecule has 1 atom stereocenters. The van der Waals surface area contributed by atoms with E-state index in [1.165, 1.54) is 19.3 Å². The topological polar surface area (TPSA) is 60.6 Å². The van der Waals surface area contributed by atoms with Gasteiger partial charge in [-0.05, 0) is 26.7 Å². The summed E-state index contributed by atoms with van der Waals surface area (Å²) in [6, 6.07) is 0.191. The van der Waals surface area contributed by atoms with Gasteiger partial charge >= 0.3 is 0 Å². The molecule has 0 fully saturated rings. The van der Waals surface area contributed by atoms with Crippen molar-refractivity contribution in [2.75, 3.05) is 0 Å². The summed E-state index contributed by atoms with van der Waals surface area (Å²) in [5, 5.41) is 12.3. The van der Waals surface area contributed by atoms with E-state index in [4.69, 9.17) is 0 Å². The van der Waals surface area contributed by atoms with Crippen LogP contribution in [0.3, 0.4) is 0 Å². The lowest BCUT2D eigenvalue weighted by Gasteiger charge is -2.14. The van der Waals surface area contributed by atoms with Crippen molar-refractivity contribution in [3.8, 4) is 0 Å². The van der Waals surface area contributed by atoms with Crippen LogP contribution in [0, 0.1) is 0 Å². The molecule has 0 aliphatic carbocycles. The molecule has 2 aromatic heterocycles. The third-order valence-corrected chi connectivity index (χ3v) is 4.17. The molecule has 0 saturated carbocycles. The minimum atomic E-state index is 0.191. The third-order valence-electron chi connectivity index (χ3n) is 4.17. The van der Waals surface area contributed by atoms with E-state index < -0.39 is 0 Å². The molecule has 114 valence electrons. The molecule has 0 spiro atoms. The van der Waals surface area contributed by atoms with Gasteiger partial charge in [0.1, 0.15) is 11.6 Å². The summed E-state index contributed by atoms with van der Waals surface area (Å²) in [6.45, 7) is 7.04. The highest BCUT2D eigenvalue weighted by Crippen LogP contribution is 2.18. The summed E-state index contributed by atoms with van der Waals surface area (Å²) in [5.41, 5.74) is 1.07. The van der Waals surface area contributed by atoms with E-state index >= 15 is 0 Å². The van der Waals surface area contributed by atoms with Crippen LogP contribution >= 0.6 is 0 Å². The van der Waals surface area contributed by atoms with Crippen LogP contribution in [0.5, 0.6) is 0 Å². The van der Waals surface area contributed by atoms with Gasteiger partial charge in [0.15, 0.2) is 0 Å². The summed E-state index contributed by atoms with van der Waals surface area (Å²) in [4.78, 5) is 4.40. The molecule has 3 heterocycles. The first-order valence-corrected chi connectivity index (χ1v) is 7.94. The van der Waals surface area contributed by atoms with Gasteiger partial charge in [-0.2, -0.15) is 0 Å². The van der Waals surface area contributed by atoms with Crippen molar-refractivity contribution in [1.82, 2.24) is 29.6 Å². The second-order valence-corrected chi connectivity index (χ2v) is 5.73. The van der Waals surface area contributed by atoms with Crippen LogP contribution in [-0.2, 0) is 26.1 Å². The van der Waals surface area contributed by atoms with Crippen LogP contribution < -0.4 is 5.32 Å². The average Bonchev–Trinajstić information content (AvgIpc) is 3.06. The smallest absolute Gasteiger partial charge is 0.149 e. The molecular weight excluding hydrogens is 264 g/mol. The minimum absolute atomic E-state index is 0.191. The van der Waals surface area contributed by atoms with Crippen molar-refractivity contribution in [3.05, 3.63) is 29.9 Å². The van der Waals surface area contributed by atoms with Crippen LogP contribution in [0.25, 0.3) is 0 Å². The molecule has 1 aliphatic rings. The van der Waals surface area contributed by atoms with Gasteiger partial charge in [0, 0.05) is 32.3 Å². The van der Waals surface area contributed by atoms with Crippen molar-refractivity contribution in [2.24, 2.45) is 0 Å². The maximum Gasteiger partial charge on any atom is 0.149 e. The minimum Gasteiger partial charge on any atom is -0.337 e. The molecule has 0 saturated heterocycles. The second kappa shape index (κ2) is 6.39. The molecule has 21 heavy (non-hydrogen) atoms. The summed E-state index contributed by atoms with van der Waals surface area (Å²) >= 11 is 0. The Labute approximate surface area is 125 Å². The summed E-state index contributed by atoms with van der Waals surface area (Å²) in [5.74, 6) is 2.20. The number of nitrogens with zero attached hydrogens (tertiary/aromatic N) is 5. The molecule has 6 heteroatoms. The molecular formula is C15H24N6. The number of rotatable bonds is 5. The van der Waals surface area contributed by atoms with Crippen molar-refractivity contribution in [1.29, 1.82) is 0 Å². The lowest BCUT2D eigenvalue weighted by atomic mass is 10.2. The second-order valence-electron chi connectivity index (χ2n) is 5.73. The molecule has 2 aromatic rings. The lowest BCUT2D eigenvalue weighted by molar-refractivity contribution is 0.499. The maximum absolute atomic E-state index is 4.40. The first-order chi connectivity index (χ1) is 10.3.